The molecular weight excluding hydrogens is 447 g/mol. The smallest absolute Gasteiger partial charge is 0.408 e. The van der Waals surface area contributed by atoms with Crippen molar-refractivity contribution in [3.05, 3.63) is 35.9 Å². The summed E-state index contributed by atoms with van der Waals surface area (Å²) in [6, 6.07) is 6.67. The van der Waals surface area contributed by atoms with Gasteiger partial charge >= 0.3 is 25.3 Å². The third-order valence-electron chi connectivity index (χ3n) is 4.16. The number of carbonyl (C=O) groups excluding carboxylic acids is 2. The standard InChI is InChI=1S/C21H32F2NO7P/c1-7-29-32(27,30-8-2)21(22,23)15(3)17(24-19(26)31-20(4,5)6)18(25)28-14-16-12-10-9-11-13-16/h9-13,15,17H,7-8,14H2,1-6H3,(H,24,26)/t15-,17+/m1/s1. The Morgan fingerprint density at radius 3 is 2.06 bits per heavy atom. The summed E-state index contributed by atoms with van der Waals surface area (Å²) < 4.78 is 63.2. The maximum atomic E-state index is 15.3. The van der Waals surface area contributed by atoms with Crippen LogP contribution in [0.5, 0.6) is 0 Å². The first kappa shape index (κ1) is 28.0. The highest BCUT2D eigenvalue weighted by molar-refractivity contribution is 7.55. The fraction of sp³-hybridized carbons (Fsp3) is 0.619. The van der Waals surface area contributed by atoms with Gasteiger partial charge < -0.3 is 23.8 Å². The minimum Gasteiger partial charge on any atom is -0.459 e. The Hall–Kier alpha value is -2.03. The molecule has 0 saturated heterocycles. The van der Waals surface area contributed by atoms with Crippen LogP contribution in [0.1, 0.15) is 47.1 Å². The van der Waals surface area contributed by atoms with Crippen LogP contribution < -0.4 is 5.32 Å². The first-order chi connectivity index (χ1) is 14.8. The van der Waals surface area contributed by atoms with Gasteiger partial charge in [0.05, 0.1) is 19.1 Å². The molecule has 0 aliphatic rings. The molecule has 11 heteroatoms. The van der Waals surface area contributed by atoms with Crippen LogP contribution in [0.15, 0.2) is 30.3 Å². The molecule has 0 bridgehead atoms. The molecule has 0 heterocycles. The average Bonchev–Trinajstić information content (AvgIpc) is 2.69. The van der Waals surface area contributed by atoms with Crippen LogP contribution in [0.2, 0.25) is 0 Å². The number of rotatable bonds is 11. The molecule has 1 aromatic rings. The molecule has 0 fully saturated rings. The number of hydrogen-bond acceptors (Lipinski definition) is 7. The molecule has 0 aromatic heterocycles. The Balaban J connectivity index is 3.19. The molecule has 1 rings (SSSR count). The molecule has 0 spiro atoms. The minimum atomic E-state index is -4.97. The van der Waals surface area contributed by atoms with Crippen molar-refractivity contribution < 1.29 is 41.5 Å². The molecule has 8 nitrogen and oxygen atoms in total. The van der Waals surface area contributed by atoms with Crippen LogP contribution in [0, 0.1) is 5.92 Å². The predicted octanol–water partition coefficient (Wildman–Crippen LogP) is 5.12. The van der Waals surface area contributed by atoms with Crippen molar-refractivity contribution in [1.82, 2.24) is 5.32 Å². The van der Waals surface area contributed by atoms with Gasteiger partial charge in [0.25, 0.3) is 0 Å². The number of halogens is 2. The summed E-state index contributed by atoms with van der Waals surface area (Å²) in [5, 5.41) is 2.12. The van der Waals surface area contributed by atoms with Crippen molar-refractivity contribution in [3.8, 4) is 0 Å². The van der Waals surface area contributed by atoms with Crippen LogP contribution in [-0.2, 0) is 34.5 Å². The molecule has 0 radical (unpaired) electrons. The lowest BCUT2D eigenvalue weighted by molar-refractivity contribution is -0.152. The van der Waals surface area contributed by atoms with Gasteiger partial charge in [-0.3, -0.25) is 4.57 Å². The number of amides is 1. The van der Waals surface area contributed by atoms with Crippen LogP contribution >= 0.6 is 7.60 Å². The van der Waals surface area contributed by atoms with E-state index in [0.717, 1.165) is 6.92 Å². The van der Waals surface area contributed by atoms with Crippen molar-refractivity contribution in [1.29, 1.82) is 0 Å². The van der Waals surface area contributed by atoms with E-state index in [9.17, 15) is 14.2 Å². The highest BCUT2D eigenvalue weighted by Gasteiger charge is 2.60. The van der Waals surface area contributed by atoms with Gasteiger partial charge in [-0.2, -0.15) is 8.78 Å². The quantitative estimate of drug-likeness (QED) is 0.347. The summed E-state index contributed by atoms with van der Waals surface area (Å²) in [6.45, 7) is 7.64. The van der Waals surface area contributed by atoms with Crippen LogP contribution in [0.3, 0.4) is 0 Å². The monoisotopic (exact) mass is 479 g/mol. The minimum absolute atomic E-state index is 0.209. The fourth-order valence-corrected chi connectivity index (χ4v) is 4.39. The largest absolute Gasteiger partial charge is 0.459 e. The van der Waals surface area contributed by atoms with Gasteiger partial charge in [-0.05, 0) is 40.2 Å². The number of esters is 1. The van der Waals surface area contributed by atoms with Gasteiger partial charge in [-0.25, -0.2) is 9.59 Å². The highest BCUT2D eigenvalue weighted by atomic mass is 31.2. The van der Waals surface area contributed by atoms with Crippen molar-refractivity contribution in [3.63, 3.8) is 0 Å². The van der Waals surface area contributed by atoms with Crippen LogP contribution in [0.4, 0.5) is 13.6 Å². The molecule has 182 valence electrons. The predicted molar refractivity (Wildman–Crippen MR) is 114 cm³/mol. The fourth-order valence-electron chi connectivity index (χ4n) is 2.64. The molecule has 0 saturated carbocycles. The van der Waals surface area contributed by atoms with E-state index in [1.54, 1.807) is 51.1 Å². The second-order valence-electron chi connectivity index (χ2n) is 7.93. The number of alkyl halides is 2. The number of benzene rings is 1. The first-order valence-electron chi connectivity index (χ1n) is 10.2. The summed E-state index contributed by atoms with van der Waals surface area (Å²) in [7, 11) is -4.97. The maximum absolute atomic E-state index is 15.3. The van der Waals surface area contributed by atoms with E-state index in [-0.39, 0.29) is 19.8 Å². The summed E-state index contributed by atoms with van der Waals surface area (Å²) in [4.78, 5) is 25.0. The van der Waals surface area contributed by atoms with Gasteiger partial charge in [0.1, 0.15) is 18.2 Å². The molecule has 0 aliphatic carbocycles. The van der Waals surface area contributed by atoms with Crippen LogP contribution in [-0.4, -0.2) is 42.6 Å². The lowest BCUT2D eigenvalue weighted by Crippen LogP contribution is -2.52. The first-order valence-corrected chi connectivity index (χ1v) is 11.8. The summed E-state index contributed by atoms with van der Waals surface area (Å²) >= 11 is 0. The zero-order valence-electron chi connectivity index (χ0n) is 19.2. The molecule has 32 heavy (non-hydrogen) atoms. The van der Waals surface area contributed by atoms with E-state index in [2.05, 4.69) is 5.32 Å². The maximum Gasteiger partial charge on any atom is 0.408 e. The van der Waals surface area contributed by atoms with Gasteiger partial charge in [0, 0.05) is 0 Å². The summed E-state index contributed by atoms with van der Waals surface area (Å²) in [5.74, 6) is -3.16. The second-order valence-corrected chi connectivity index (χ2v) is 10.0. The van der Waals surface area contributed by atoms with E-state index >= 15 is 8.78 Å². The number of ether oxygens (including phenoxy) is 2. The normalized spacial score (nSPS) is 14.4. The van der Waals surface area contributed by atoms with Crippen LogP contribution in [0.25, 0.3) is 0 Å². The van der Waals surface area contributed by atoms with Crippen molar-refractivity contribution in [2.75, 3.05) is 13.2 Å². The zero-order chi connectivity index (χ0) is 24.6. The van der Waals surface area contributed by atoms with Crippen molar-refractivity contribution in [2.45, 2.75) is 65.5 Å². The van der Waals surface area contributed by atoms with Gasteiger partial charge in [-0.15, -0.1) is 0 Å². The molecular formula is C21H32F2NO7P. The Morgan fingerprint density at radius 1 is 1.06 bits per heavy atom. The van der Waals surface area contributed by atoms with Gasteiger partial charge in [0.15, 0.2) is 0 Å². The zero-order valence-corrected chi connectivity index (χ0v) is 20.1. The van der Waals surface area contributed by atoms with Gasteiger partial charge in [0.2, 0.25) is 0 Å². The lowest BCUT2D eigenvalue weighted by Gasteiger charge is -2.34. The van der Waals surface area contributed by atoms with E-state index < -0.39 is 42.9 Å². The molecule has 1 N–H and O–H groups in total. The molecule has 2 atom stereocenters. The summed E-state index contributed by atoms with van der Waals surface area (Å²) in [5.41, 5.74) is -4.45. The molecule has 1 amide bonds. The lowest BCUT2D eigenvalue weighted by atomic mass is 10.0. The Morgan fingerprint density at radius 2 is 1.59 bits per heavy atom. The molecule has 1 aromatic carbocycles. The third kappa shape index (κ3) is 7.83. The Kier molecular flexibility index (Phi) is 10.3. The van der Waals surface area contributed by atoms with Gasteiger partial charge in [-0.1, -0.05) is 37.3 Å². The highest BCUT2D eigenvalue weighted by Crippen LogP contribution is 2.65. The van der Waals surface area contributed by atoms with E-state index in [4.69, 9.17) is 18.5 Å². The average molecular weight is 479 g/mol. The molecule has 0 aliphatic heterocycles. The number of hydrogen-bond donors (Lipinski definition) is 1. The number of carbonyl (C=O) groups is 2. The van der Waals surface area contributed by atoms with E-state index in [1.807, 2.05) is 0 Å². The number of nitrogens with one attached hydrogen (secondary N) is 1. The third-order valence-corrected chi connectivity index (χ3v) is 6.49. The van der Waals surface area contributed by atoms with E-state index in [1.165, 1.54) is 13.8 Å². The topological polar surface area (TPSA) is 100 Å². The van der Waals surface area contributed by atoms with Crippen molar-refractivity contribution in [2.24, 2.45) is 5.92 Å². The number of alkyl carbamates (subject to hydrolysis) is 1. The SMILES string of the molecule is CCOP(=O)(OCC)C(F)(F)[C@H](C)[C@H](NC(=O)OC(C)(C)C)C(=O)OCc1ccccc1. The second kappa shape index (κ2) is 11.7. The van der Waals surface area contributed by atoms with Crippen molar-refractivity contribution >= 4 is 19.7 Å². The Labute approximate surface area is 187 Å². The Bertz CT molecular complexity index is 789. The molecule has 0 unspecified atom stereocenters. The summed E-state index contributed by atoms with van der Waals surface area (Å²) in [6.07, 6.45) is -1.11. The van der Waals surface area contributed by atoms with E-state index in [0.29, 0.717) is 5.56 Å².